The molecule has 0 atom stereocenters. The molecule has 0 fully saturated rings. The van der Waals surface area contributed by atoms with Crippen LogP contribution in [0.15, 0.2) is 12.4 Å². The van der Waals surface area contributed by atoms with E-state index in [0.29, 0.717) is 5.56 Å². The van der Waals surface area contributed by atoms with Gasteiger partial charge in [0.1, 0.15) is 0 Å². The fourth-order valence-corrected chi connectivity index (χ4v) is 1.02. The number of hydrogen-bond donors (Lipinski definition) is 1. The molecule has 0 bridgehead atoms. The normalized spacial score (nSPS) is 10.8. The Morgan fingerprint density at radius 2 is 2.36 bits per heavy atom. The fourth-order valence-electron chi connectivity index (χ4n) is 1.02. The Morgan fingerprint density at radius 3 is 2.93 bits per heavy atom. The van der Waals surface area contributed by atoms with E-state index in [-0.39, 0.29) is 19.4 Å². The third-order valence-electron chi connectivity index (χ3n) is 1.62. The molecule has 0 amide bonds. The summed E-state index contributed by atoms with van der Waals surface area (Å²) in [6.07, 6.45) is 0.0843. The number of aliphatic carboxylic acids is 1. The lowest BCUT2D eigenvalue weighted by molar-refractivity contribution is -0.136. The first kappa shape index (κ1) is 10.6. The van der Waals surface area contributed by atoms with E-state index >= 15 is 0 Å². The van der Waals surface area contributed by atoms with Crippen molar-refractivity contribution < 1.29 is 18.7 Å². The van der Waals surface area contributed by atoms with Gasteiger partial charge in [0.05, 0.1) is 12.6 Å². The number of carboxylic acid groups (broad SMARTS) is 1. The van der Waals surface area contributed by atoms with Crippen LogP contribution in [-0.4, -0.2) is 27.3 Å². The maximum atomic E-state index is 11.8. The molecular formula is C8H10F2N2O2. The Kier molecular flexibility index (Phi) is 3.55. The molecule has 0 aliphatic heterocycles. The molecule has 0 aromatic carbocycles. The maximum absolute atomic E-state index is 11.8. The van der Waals surface area contributed by atoms with Gasteiger partial charge in [-0.05, 0) is 0 Å². The van der Waals surface area contributed by atoms with E-state index in [4.69, 9.17) is 5.11 Å². The molecular weight excluding hydrogens is 194 g/mol. The van der Waals surface area contributed by atoms with E-state index in [1.54, 1.807) is 0 Å². The highest BCUT2D eigenvalue weighted by atomic mass is 19.3. The largest absolute Gasteiger partial charge is 0.481 e. The predicted octanol–water partition coefficient (Wildman–Crippen LogP) is 1.17. The van der Waals surface area contributed by atoms with Gasteiger partial charge in [-0.25, -0.2) is 8.78 Å². The van der Waals surface area contributed by atoms with E-state index in [2.05, 4.69) is 5.10 Å². The van der Waals surface area contributed by atoms with Gasteiger partial charge in [-0.1, -0.05) is 0 Å². The molecule has 0 aliphatic carbocycles. The van der Waals surface area contributed by atoms with Gasteiger partial charge < -0.3 is 5.11 Å². The zero-order valence-electron chi connectivity index (χ0n) is 7.36. The van der Waals surface area contributed by atoms with Crippen LogP contribution in [0.1, 0.15) is 12.0 Å². The van der Waals surface area contributed by atoms with Gasteiger partial charge in [0.2, 0.25) is 6.43 Å². The summed E-state index contributed by atoms with van der Waals surface area (Å²) in [6, 6.07) is 0. The lowest BCUT2D eigenvalue weighted by Gasteiger charge is -1.99. The van der Waals surface area contributed by atoms with Crippen LogP contribution >= 0.6 is 0 Å². The van der Waals surface area contributed by atoms with Crippen molar-refractivity contribution >= 4 is 5.97 Å². The summed E-state index contributed by atoms with van der Waals surface area (Å²) in [5.74, 6) is -0.960. The van der Waals surface area contributed by atoms with Crippen molar-refractivity contribution in [3.8, 4) is 0 Å². The Labute approximate surface area is 79.2 Å². The predicted molar refractivity (Wildman–Crippen MR) is 44.2 cm³/mol. The van der Waals surface area contributed by atoms with Gasteiger partial charge in [-0.3, -0.25) is 9.48 Å². The third kappa shape index (κ3) is 3.51. The first-order chi connectivity index (χ1) is 6.58. The molecule has 1 N–H and O–H groups in total. The van der Waals surface area contributed by atoms with Crippen molar-refractivity contribution in [3.05, 3.63) is 18.0 Å². The number of rotatable bonds is 5. The summed E-state index contributed by atoms with van der Waals surface area (Å²) in [6.45, 7) is 0.108. The highest BCUT2D eigenvalue weighted by molar-refractivity contribution is 5.69. The zero-order chi connectivity index (χ0) is 10.6. The maximum Gasteiger partial charge on any atom is 0.307 e. The highest BCUT2D eigenvalue weighted by Crippen LogP contribution is 2.04. The molecule has 1 heterocycles. The summed E-state index contributed by atoms with van der Waals surface area (Å²) >= 11 is 0. The van der Waals surface area contributed by atoms with Gasteiger partial charge in [-0.2, -0.15) is 5.10 Å². The van der Waals surface area contributed by atoms with E-state index < -0.39 is 12.4 Å². The van der Waals surface area contributed by atoms with Crippen LogP contribution < -0.4 is 0 Å². The van der Waals surface area contributed by atoms with Crippen molar-refractivity contribution in [2.24, 2.45) is 0 Å². The first-order valence-corrected chi connectivity index (χ1v) is 4.09. The zero-order valence-corrected chi connectivity index (χ0v) is 7.36. The lowest BCUT2D eigenvalue weighted by atomic mass is 10.3. The standard InChI is InChI=1S/C8H10F2N2O2/c9-7(10)1-2-12-5-6(4-11-12)3-8(13)14/h4-5,7H,1-3H2,(H,13,14). The number of halogens is 2. The summed E-state index contributed by atoms with van der Waals surface area (Å²) in [5, 5.41) is 12.2. The molecule has 0 saturated carbocycles. The molecule has 6 heteroatoms. The van der Waals surface area contributed by atoms with Gasteiger partial charge in [0.25, 0.3) is 0 Å². The molecule has 78 valence electrons. The van der Waals surface area contributed by atoms with Crippen LogP contribution in [-0.2, 0) is 17.8 Å². The minimum Gasteiger partial charge on any atom is -0.481 e. The minimum atomic E-state index is -2.36. The van der Waals surface area contributed by atoms with Crippen molar-refractivity contribution in [1.82, 2.24) is 9.78 Å². The topological polar surface area (TPSA) is 55.1 Å². The Hall–Kier alpha value is -1.46. The summed E-state index contributed by atoms with van der Waals surface area (Å²) in [7, 11) is 0. The van der Waals surface area contributed by atoms with Crippen molar-refractivity contribution in [2.45, 2.75) is 25.8 Å². The Bertz CT molecular complexity index is 312. The Morgan fingerprint density at radius 1 is 1.64 bits per heavy atom. The second kappa shape index (κ2) is 4.69. The second-order valence-corrected chi connectivity index (χ2v) is 2.86. The third-order valence-corrected chi connectivity index (χ3v) is 1.62. The van der Waals surface area contributed by atoms with E-state index in [1.165, 1.54) is 17.1 Å². The quantitative estimate of drug-likeness (QED) is 0.783. The molecule has 1 aromatic heterocycles. The van der Waals surface area contributed by atoms with Gasteiger partial charge >= 0.3 is 5.97 Å². The summed E-state index contributed by atoms with van der Waals surface area (Å²) in [4.78, 5) is 10.3. The number of aryl methyl sites for hydroxylation is 1. The van der Waals surface area contributed by atoms with E-state index in [0.717, 1.165) is 0 Å². The van der Waals surface area contributed by atoms with E-state index in [1.807, 2.05) is 0 Å². The molecule has 0 radical (unpaired) electrons. The van der Waals surface area contributed by atoms with Crippen LogP contribution in [0.3, 0.4) is 0 Å². The van der Waals surface area contributed by atoms with Crippen LogP contribution in [0.25, 0.3) is 0 Å². The van der Waals surface area contributed by atoms with E-state index in [9.17, 15) is 13.6 Å². The smallest absolute Gasteiger partial charge is 0.307 e. The van der Waals surface area contributed by atoms with Crippen molar-refractivity contribution in [1.29, 1.82) is 0 Å². The number of alkyl halides is 2. The molecule has 1 rings (SSSR count). The molecule has 1 aromatic rings. The number of aromatic nitrogens is 2. The Balaban J connectivity index is 2.46. The number of carbonyl (C=O) groups is 1. The average Bonchev–Trinajstić information content (AvgIpc) is 2.47. The van der Waals surface area contributed by atoms with Crippen molar-refractivity contribution in [2.75, 3.05) is 0 Å². The minimum absolute atomic E-state index is 0.108. The summed E-state index contributed by atoms with van der Waals surface area (Å²) < 4.78 is 24.9. The van der Waals surface area contributed by atoms with Gasteiger partial charge in [0.15, 0.2) is 0 Å². The second-order valence-electron chi connectivity index (χ2n) is 2.86. The number of nitrogens with zero attached hydrogens (tertiary/aromatic N) is 2. The van der Waals surface area contributed by atoms with Crippen LogP contribution in [0.5, 0.6) is 0 Å². The molecule has 0 saturated heterocycles. The number of carboxylic acids is 1. The molecule has 0 spiro atoms. The van der Waals surface area contributed by atoms with Gasteiger partial charge in [0, 0.05) is 24.7 Å². The van der Waals surface area contributed by atoms with Crippen LogP contribution in [0, 0.1) is 0 Å². The average molecular weight is 204 g/mol. The summed E-state index contributed by atoms with van der Waals surface area (Å²) in [5.41, 5.74) is 0.520. The van der Waals surface area contributed by atoms with Crippen LogP contribution in [0.2, 0.25) is 0 Å². The first-order valence-electron chi connectivity index (χ1n) is 4.09. The monoisotopic (exact) mass is 204 g/mol. The SMILES string of the molecule is O=C(O)Cc1cnn(CCC(F)F)c1. The highest BCUT2D eigenvalue weighted by Gasteiger charge is 2.06. The fraction of sp³-hybridized carbons (Fsp3) is 0.500. The lowest BCUT2D eigenvalue weighted by Crippen LogP contribution is -2.03. The molecule has 0 unspecified atom stereocenters. The van der Waals surface area contributed by atoms with Gasteiger partial charge in [-0.15, -0.1) is 0 Å². The molecule has 4 nitrogen and oxygen atoms in total. The number of hydrogen-bond acceptors (Lipinski definition) is 2. The molecule has 0 aliphatic rings. The van der Waals surface area contributed by atoms with Crippen LogP contribution in [0.4, 0.5) is 8.78 Å². The van der Waals surface area contributed by atoms with Crippen molar-refractivity contribution in [3.63, 3.8) is 0 Å². The molecule has 14 heavy (non-hydrogen) atoms.